The van der Waals surface area contributed by atoms with Gasteiger partial charge in [0.15, 0.2) is 5.65 Å². The lowest BCUT2D eigenvalue weighted by molar-refractivity contribution is 0.237. The summed E-state index contributed by atoms with van der Waals surface area (Å²) < 4.78 is 20.7. The number of fused-ring (bicyclic) bond motifs is 2. The number of pyridine rings is 3. The molecule has 3 N–H and O–H groups in total. The highest BCUT2D eigenvalue weighted by Gasteiger charge is 2.17. The lowest BCUT2D eigenvalue weighted by Crippen LogP contribution is -2.25. The Balaban J connectivity index is 1.17. The zero-order chi connectivity index (χ0) is 30.8. The van der Waals surface area contributed by atoms with E-state index in [0.717, 1.165) is 70.7 Å². The van der Waals surface area contributed by atoms with Crippen molar-refractivity contribution in [2.75, 3.05) is 58.7 Å². The monoisotopic (exact) mass is 605 g/mol. The number of nitrogens with zero attached hydrogens (tertiary/aromatic N) is 6. The summed E-state index contributed by atoms with van der Waals surface area (Å²) in [6, 6.07) is 13.0. The molecule has 7 rings (SSSR count). The number of hydrogen-bond donors (Lipinski definition) is 3. The normalized spacial score (nSPS) is 13.8. The summed E-state index contributed by atoms with van der Waals surface area (Å²) in [5.41, 5.74) is 7.03. The molecule has 0 amide bonds. The highest BCUT2D eigenvalue weighted by atomic mass is 19.1. The largest absolute Gasteiger partial charge is 0.491 e. The number of aromatic nitrogens is 6. The molecule has 0 atom stereocenters. The molecule has 0 saturated carbocycles. The summed E-state index contributed by atoms with van der Waals surface area (Å²) in [6.45, 7) is 5.39. The smallest absolute Gasteiger partial charge is 0.155 e. The van der Waals surface area contributed by atoms with Gasteiger partial charge >= 0.3 is 0 Å². The molecule has 0 aliphatic carbocycles. The van der Waals surface area contributed by atoms with Crippen LogP contribution < -0.4 is 10.1 Å². The molecule has 11 heteroatoms. The van der Waals surface area contributed by atoms with Crippen LogP contribution in [-0.4, -0.2) is 93.4 Å². The van der Waals surface area contributed by atoms with E-state index < -0.39 is 0 Å². The first-order chi connectivity index (χ1) is 22.0. The molecule has 0 spiro atoms. The molecule has 5 aromatic heterocycles. The van der Waals surface area contributed by atoms with E-state index >= 15 is 0 Å². The number of anilines is 1. The number of benzene rings is 1. The molecule has 45 heavy (non-hydrogen) atoms. The van der Waals surface area contributed by atoms with Crippen LogP contribution in [-0.2, 0) is 0 Å². The highest BCUT2D eigenvalue weighted by Crippen LogP contribution is 2.35. The van der Waals surface area contributed by atoms with Gasteiger partial charge in [0.2, 0.25) is 0 Å². The Kier molecular flexibility index (Phi) is 8.10. The third-order valence-electron chi connectivity index (χ3n) is 8.20. The van der Waals surface area contributed by atoms with E-state index in [1.807, 2.05) is 50.8 Å². The fourth-order valence-corrected chi connectivity index (χ4v) is 5.88. The van der Waals surface area contributed by atoms with Gasteiger partial charge in [-0.3, -0.25) is 20.0 Å². The Morgan fingerprint density at radius 2 is 1.80 bits per heavy atom. The third kappa shape index (κ3) is 6.36. The topological polar surface area (TPSA) is 111 Å². The van der Waals surface area contributed by atoms with Crippen molar-refractivity contribution in [2.24, 2.45) is 0 Å². The molecule has 0 unspecified atom stereocenters. The van der Waals surface area contributed by atoms with Gasteiger partial charge in [-0.05, 0) is 82.5 Å². The SMILES string of the molecule is CN(C)CCNc1cc(F)cc(-c2nccc3[nH]c(-c4n[nH]c5ncc(-c6cncc(OCCN7CCCC7)c6)cc45)cc23)c1. The summed E-state index contributed by atoms with van der Waals surface area (Å²) >= 11 is 0. The quantitative estimate of drug-likeness (QED) is 0.170. The molecule has 1 aliphatic heterocycles. The maximum Gasteiger partial charge on any atom is 0.155 e. The number of nitrogens with one attached hydrogen (secondary N) is 3. The molecular weight excluding hydrogens is 569 g/mol. The number of hydrogen-bond acceptors (Lipinski definition) is 8. The maximum atomic E-state index is 14.7. The molecule has 10 nitrogen and oxygen atoms in total. The first kappa shape index (κ1) is 28.9. The Bertz CT molecular complexity index is 1940. The van der Waals surface area contributed by atoms with Crippen molar-refractivity contribution < 1.29 is 9.13 Å². The van der Waals surface area contributed by atoms with Crippen LogP contribution in [0.1, 0.15) is 12.8 Å². The molecule has 6 heterocycles. The highest BCUT2D eigenvalue weighted by molar-refractivity contribution is 6.00. The molecular formula is C34H36FN9O. The van der Waals surface area contributed by atoms with Crippen molar-refractivity contribution in [1.82, 2.24) is 39.9 Å². The van der Waals surface area contributed by atoms with E-state index in [2.05, 4.69) is 51.3 Å². The number of halogens is 1. The molecule has 6 aromatic rings. The molecule has 1 aromatic carbocycles. The minimum absolute atomic E-state index is 0.318. The zero-order valence-corrected chi connectivity index (χ0v) is 25.5. The molecule has 0 radical (unpaired) electrons. The van der Waals surface area contributed by atoms with Crippen LogP contribution in [0.5, 0.6) is 5.75 Å². The van der Waals surface area contributed by atoms with Gasteiger partial charge < -0.3 is 19.9 Å². The molecule has 230 valence electrons. The van der Waals surface area contributed by atoms with Crippen molar-refractivity contribution in [3.05, 3.63) is 73.1 Å². The van der Waals surface area contributed by atoms with Crippen LogP contribution in [0.25, 0.3) is 55.7 Å². The average molecular weight is 606 g/mol. The Hall–Kier alpha value is -4.87. The summed E-state index contributed by atoms with van der Waals surface area (Å²) in [4.78, 5) is 21.7. The van der Waals surface area contributed by atoms with Crippen LogP contribution >= 0.6 is 0 Å². The minimum atomic E-state index is -0.318. The Labute approximate surface area is 260 Å². The number of likely N-dealkylation sites (tertiary alicyclic amines) is 1. The predicted molar refractivity (Wildman–Crippen MR) is 176 cm³/mol. The maximum absolute atomic E-state index is 14.7. The van der Waals surface area contributed by atoms with Gasteiger partial charge in [0, 0.05) is 76.9 Å². The van der Waals surface area contributed by atoms with Crippen LogP contribution in [0.2, 0.25) is 0 Å². The summed E-state index contributed by atoms with van der Waals surface area (Å²) in [5, 5.41) is 12.7. The molecule has 1 fully saturated rings. The van der Waals surface area contributed by atoms with Crippen molar-refractivity contribution in [3.63, 3.8) is 0 Å². The van der Waals surface area contributed by atoms with Gasteiger partial charge in [-0.25, -0.2) is 9.37 Å². The van der Waals surface area contributed by atoms with E-state index in [1.165, 1.54) is 25.0 Å². The second-order valence-corrected chi connectivity index (χ2v) is 11.8. The van der Waals surface area contributed by atoms with Crippen molar-refractivity contribution in [3.8, 4) is 39.5 Å². The predicted octanol–water partition coefficient (Wildman–Crippen LogP) is 5.82. The van der Waals surface area contributed by atoms with Gasteiger partial charge in [-0.2, -0.15) is 5.10 Å². The third-order valence-corrected chi connectivity index (χ3v) is 8.20. The van der Waals surface area contributed by atoms with Crippen molar-refractivity contribution in [1.29, 1.82) is 0 Å². The van der Waals surface area contributed by atoms with Crippen molar-refractivity contribution >= 4 is 27.6 Å². The van der Waals surface area contributed by atoms with E-state index in [9.17, 15) is 4.39 Å². The first-order valence-corrected chi connectivity index (χ1v) is 15.3. The average Bonchev–Trinajstić information content (AvgIpc) is 3.80. The summed E-state index contributed by atoms with van der Waals surface area (Å²) in [5.74, 6) is 0.421. The van der Waals surface area contributed by atoms with Gasteiger partial charge in [0.05, 0.1) is 17.6 Å². The van der Waals surface area contributed by atoms with Gasteiger partial charge in [-0.1, -0.05) is 0 Å². The Morgan fingerprint density at radius 1 is 0.933 bits per heavy atom. The number of likely N-dealkylation sites (N-methyl/N-ethyl adjacent to an activating group) is 1. The van der Waals surface area contributed by atoms with E-state index in [4.69, 9.17) is 4.74 Å². The van der Waals surface area contributed by atoms with Gasteiger partial charge in [0.25, 0.3) is 0 Å². The Morgan fingerprint density at radius 3 is 2.67 bits per heavy atom. The molecule has 1 saturated heterocycles. The zero-order valence-electron chi connectivity index (χ0n) is 25.5. The summed E-state index contributed by atoms with van der Waals surface area (Å²) in [6.07, 6.45) is 9.65. The standard InChI is InChI=1S/C34H36FN9O/c1-43(2)10-7-37-26-14-22(13-25(35)17-26)32-28-18-31(40-30(28)5-6-38-32)33-29-16-24(20-39-34(29)42-41-33)23-15-27(21-36-19-23)45-12-11-44-8-3-4-9-44/h5-6,13-21,37,40H,3-4,7-12H2,1-2H3,(H,39,41,42). The summed E-state index contributed by atoms with van der Waals surface area (Å²) in [7, 11) is 4.02. The lowest BCUT2D eigenvalue weighted by Gasteiger charge is -2.15. The van der Waals surface area contributed by atoms with Crippen LogP contribution in [0.15, 0.2) is 67.3 Å². The van der Waals surface area contributed by atoms with Gasteiger partial charge in [0.1, 0.15) is 23.9 Å². The fourth-order valence-electron chi connectivity index (χ4n) is 5.88. The number of ether oxygens (including phenoxy) is 1. The number of rotatable bonds is 11. The van der Waals surface area contributed by atoms with E-state index in [-0.39, 0.29) is 5.82 Å². The number of H-pyrrole nitrogens is 2. The fraction of sp³-hybridized carbons (Fsp3) is 0.294. The van der Waals surface area contributed by atoms with E-state index in [0.29, 0.717) is 35.7 Å². The second-order valence-electron chi connectivity index (χ2n) is 11.8. The number of aromatic amines is 2. The van der Waals surface area contributed by atoms with Crippen molar-refractivity contribution in [2.45, 2.75) is 12.8 Å². The van der Waals surface area contributed by atoms with Crippen LogP contribution in [0, 0.1) is 5.82 Å². The molecule has 0 bridgehead atoms. The van der Waals surface area contributed by atoms with E-state index in [1.54, 1.807) is 12.4 Å². The van der Waals surface area contributed by atoms with Crippen LogP contribution in [0.4, 0.5) is 10.1 Å². The van der Waals surface area contributed by atoms with Crippen LogP contribution in [0.3, 0.4) is 0 Å². The minimum Gasteiger partial charge on any atom is -0.491 e. The second kappa shape index (κ2) is 12.6. The molecule has 1 aliphatic rings. The lowest BCUT2D eigenvalue weighted by atomic mass is 10.1. The van der Waals surface area contributed by atoms with Gasteiger partial charge in [-0.15, -0.1) is 0 Å². The first-order valence-electron chi connectivity index (χ1n) is 15.3.